The Morgan fingerprint density at radius 1 is 0.692 bits per heavy atom. The van der Waals surface area contributed by atoms with E-state index in [2.05, 4.69) is 60.4 Å². The van der Waals surface area contributed by atoms with Gasteiger partial charge < -0.3 is 4.74 Å². The van der Waals surface area contributed by atoms with E-state index in [0.717, 1.165) is 30.7 Å². The molecule has 0 spiro atoms. The van der Waals surface area contributed by atoms with Crippen LogP contribution in [0.2, 0.25) is 0 Å². The highest BCUT2D eigenvalue weighted by Gasteiger charge is 2.02. The van der Waals surface area contributed by atoms with Gasteiger partial charge in [0.2, 0.25) is 0 Å². The maximum absolute atomic E-state index is 5.49. The lowest BCUT2D eigenvalue weighted by Gasteiger charge is -2.07. The molecule has 1 heterocycles. The van der Waals surface area contributed by atoms with Gasteiger partial charge in [-0.05, 0) is 61.1 Å². The lowest BCUT2D eigenvalue weighted by atomic mass is 10.0. The highest BCUT2D eigenvalue weighted by molar-refractivity contribution is 5.59. The van der Waals surface area contributed by atoms with Crippen molar-refractivity contribution in [3.8, 4) is 17.0 Å². The molecule has 0 aliphatic rings. The molecule has 2 aromatic carbocycles. The molecule has 0 radical (unpaired) electrons. The van der Waals surface area contributed by atoms with Crippen molar-refractivity contribution in [2.24, 2.45) is 0 Å². The number of pyridine rings is 1. The van der Waals surface area contributed by atoms with E-state index in [1.165, 1.54) is 28.7 Å². The van der Waals surface area contributed by atoms with Gasteiger partial charge in [0.05, 0.1) is 12.3 Å². The Balaban J connectivity index is 1.58. The second-order valence-corrected chi connectivity index (χ2v) is 6.58. The Hall–Kier alpha value is -2.61. The second kappa shape index (κ2) is 9.19. The third-order valence-corrected chi connectivity index (χ3v) is 4.55. The highest BCUT2D eigenvalue weighted by Crippen LogP contribution is 2.19. The predicted molar refractivity (Wildman–Crippen MR) is 109 cm³/mol. The van der Waals surface area contributed by atoms with Gasteiger partial charge in [-0.1, -0.05) is 55.8 Å². The Labute approximate surface area is 156 Å². The third-order valence-electron chi connectivity index (χ3n) is 4.55. The van der Waals surface area contributed by atoms with Gasteiger partial charge in [-0.25, -0.2) is 0 Å². The molecule has 0 aliphatic carbocycles. The molecule has 134 valence electrons. The summed E-state index contributed by atoms with van der Waals surface area (Å²) in [5.41, 5.74) is 6.21. The van der Waals surface area contributed by atoms with Gasteiger partial charge in [-0.3, -0.25) is 4.98 Å². The number of aromatic nitrogens is 1. The molecule has 1 aromatic heterocycles. The molecule has 0 fully saturated rings. The van der Waals surface area contributed by atoms with Crippen LogP contribution in [0.15, 0.2) is 66.9 Å². The molecule has 0 bridgehead atoms. The van der Waals surface area contributed by atoms with Gasteiger partial charge in [0.15, 0.2) is 0 Å². The molecule has 0 aliphatic heterocycles. The average molecular weight is 345 g/mol. The van der Waals surface area contributed by atoms with Crippen LogP contribution < -0.4 is 4.74 Å². The largest absolute Gasteiger partial charge is 0.494 e. The van der Waals surface area contributed by atoms with Crippen LogP contribution in [0.1, 0.15) is 37.0 Å². The maximum Gasteiger partial charge on any atom is 0.119 e. The number of ether oxygens (including phenoxy) is 1. The first-order chi connectivity index (χ1) is 12.8. The van der Waals surface area contributed by atoms with Crippen LogP contribution in [-0.4, -0.2) is 11.6 Å². The first kappa shape index (κ1) is 18.2. The molecule has 0 saturated heterocycles. The van der Waals surface area contributed by atoms with Crippen molar-refractivity contribution in [3.63, 3.8) is 0 Å². The van der Waals surface area contributed by atoms with Gasteiger partial charge in [0.1, 0.15) is 5.75 Å². The second-order valence-electron chi connectivity index (χ2n) is 6.58. The van der Waals surface area contributed by atoms with Crippen LogP contribution in [0.3, 0.4) is 0 Å². The zero-order valence-corrected chi connectivity index (χ0v) is 15.7. The summed E-state index contributed by atoms with van der Waals surface area (Å²) >= 11 is 0. The Bertz CT molecular complexity index is 789. The molecule has 0 unspecified atom stereocenters. The van der Waals surface area contributed by atoms with Gasteiger partial charge in [-0.15, -0.1) is 0 Å². The fraction of sp³-hybridized carbons (Fsp3) is 0.292. The van der Waals surface area contributed by atoms with Crippen molar-refractivity contribution in [3.05, 3.63) is 83.6 Å². The molecule has 2 nitrogen and oxygen atoms in total. The van der Waals surface area contributed by atoms with E-state index in [1.807, 2.05) is 25.3 Å². The number of benzene rings is 2. The van der Waals surface area contributed by atoms with E-state index in [-0.39, 0.29) is 0 Å². The van der Waals surface area contributed by atoms with Crippen LogP contribution in [0, 0.1) is 0 Å². The molecule has 3 rings (SSSR count). The molecule has 2 heteroatoms. The maximum atomic E-state index is 5.49. The van der Waals surface area contributed by atoms with Crippen molar-refractivity contribution < 1.29 is 4.74 Å². The van der Waals surface area contributed by atoms with E-state index < -0.39 is 0 Å². The van der Waals surface area contributed by atoms with E-state index >= 15 is 0 Å². The fourth-order valence-corrected chi connectivity index (χ4v) is 3.08. The van der Waals surface area contributed by atoms with Crippen LogP contribution in [0.25, 0.3) is 11.3 Å². The SMILES string of the molecule is CCCc1ccc(-c2ccc(CCc3ccc(OCC)cc3)cn2)cc1. The monoisotopic (exact) mass is 345 g/mol. The minimum absolute atomic E-state index is 0.707. The smallest absolute Gasteiger partial charge is 0.119 e. The predicted octanol–water partition coefficient (Wildman–Crippen LogP) is 5.89. The van der Waals surface area contributed by atoms with Crippen LogP contribution in [0.4, 0.5) is 0 Å². The number of hydrogen-bond acceptors (Lipinski definition) is 2. The first-order valence-electron chi connectivity index (χ1n) is 9.54. The van der Waals surface area contributed by atoms with Crippen LogP contribution in [0.5, 0.6) is 5.75 Å². The van der Waals surface area contributed by atoms with E-state index in [0.29, 0.717) is 6.61 Å². The van der Waals surface area contributed by atoms with E-state index in [1.54, 1.807) is 0 Å². The summed E-state index contributed by atoms with van der Waals surface area (Å²) in [5, 5.41) is 0. The van der Waals surface area contributed by atoms with Crippen LogP contribution >= 0.6 is 0 Å². The molecule has 0 saturated carbocycles. The van der Waals surface area contributed by atoms with Crippen molar-refractivity contribution in [2.45, 2.75) is 39.5 Å². The number of hydrogen-bond donors (Lipinski definition) is 0. The zero-order valence-electron chi connectivity index (χ0n) is 15.7. The van der Waals surface area contributed by atoms with Crippen molar-refractivity contribution >= 4 is 0 Å². The summed E-state index contributed by atoms with van der Waals surface area (Å²) in [4.78, 5) is 4.66. The summed E-state index contributed by atoms with van der Waals surface area (Å²) in [6, 6.07) is 21.5. The summed E-state index contributed by atoms with van der Waals surface area (Å²) in [6.07, 6.45) is 6.33. The van der Waals surface area contributed by atoms with Crippen LogP contribution in [-0.2, 0) is 19.3 Å². The lowest BCUT2D eigenvalue weighted by molar-refractivity contribution is 0.340. The van der Waals surface area contributed by atoms with E-state index in [9.17, 15) is 0 Å². The first-order valence-corrected chi connectivity index (χ1v) is 9.54. The summed E-state index contributed by atoms with van der Waals surface area (Å²) in [5.74, 6) is 0.937. The lowest BCUT2D eigenvalue weighted by Crippen LogP contribution is -1.95. The number of aryl methyl sites for hydroxylation is 3. The minimum Gasteiger partial charge on any atom is -0.494 e. The quantitative estimate of drug-likeness (QED) is 0.508. The van der Waals surface area contributed by atoms with Crippen molar-refractivity contribution in [1.82, 2.24) is 4.98 Å². The fourth-order valence-electron chi connectivity index (χ4n) is 3.08. The summed E-state index contributed by atoms with van der Waals surface area (Å²) < 4.78 is 5.49. The number of rotatable bonds is 8. The Morgan fingerprint density at radius 3 is 1.92 bits per heavy atom. The summed E-state index contributed by atoms with van der Waals surface area (Å²) in [6.45, 7) is 4.92. The summed E-state index contributed by atoms with van der Waals surface area (Å²) in [7, 11) is 0. The van der Waals surface area contributed by atoms with Crippen molar-refractivity contribution in [1.29, 1.82) is 0 Å². The van der Waals surface area contributed by atoms with Gasteiger partial charge in [0.25, 0.3) is 0 Å². The van der Waals surface area contributed by atoms with Gasteiger partial charge in [-0.2, -0.15) is 0 Å². The topological polar surface area (TPSA) is 22.1 Å². The molecule has 26 heavy (non-hydrogen) atoms. The molecular weight excluding hydrogens is 318 g/mol. The standard InChI is InChI=1S/C24H27NO/c1-3-5-19-8-13-22(14-9-19)24-17-12-21(18-25-24)7-6-20-10-15-23(16-11-20)26-4-2/h8-18H,3-7H2,1-2H3. The van der Waals surface area contributed by atoms with Gasteiger partial charge in [0, 0.05) is 11.8 Å². The Morgan fingerprint density at radius 2 is 1.31 bits per heavy atom. The highest BCUT2D eigenvalue weighted by atomic mass is 16.5. The average Bonchev–Trinajstić information content (AvgIpc) is 2.69. The minimum atomic E-state index is 0.707. The molecule has 0 atom stereocenters. The number of nitrogens with zero attached hydrogens (tertiary/aromatic N) is 1. The molecular formula is C24H27NO. The van der Waals surface area contributed by atoms with Crippen molar-refractivity contribution in [2.75, 3.05) is 6.61 Å². The Kier molecular flexibility index (Phi) is 6.43. The molecule has 3 aromatic rings. The normalized spacial score (nSPS) is 10.7. The third kappa shape index (κ3) is 4.95. The zero-order chi connectivity index (χ0) is 18.2. The molecule has 0 amide bonds. The van der Waals surface area contributed by atoms with Gasteiger partial charge >= 0.3 is 0 Å². The molecule has 0 N–H and O–H groups in total. The van der Waals surface area contributed by atoms with E-state index in [4.69, 9.17) is 4.74 Å².